The fourth-order valence-electron chi connectivity index (χ4n) is 3.47. The van der Waals surface area contributed by atoms with Crippen molar-refractivity contribution in [3.8, 4) is 0 Å². The Kier molecular flexibility index (Phi) is 8.54. The molecule has 0 radical (unpaired) electrons. The normalized spacial score (nSPS) is 14.5. The van der Waals surface area contributed by atoms with Crippen molar-refractivity contribution in [3.63, 3.8) is 0 Å². The number of thiophene rings is 2. The van der Waals surface area contributed by atoms with Crippen LogP contribution < -0.4 is 10.6 Å². The highest BCUT2D eigenvalue weighted by atomic mass is 32.1. The first-order valence-electron chi connectivity index (χ1n) is 12.3. The number of anilines is 1. The third kappa shape index (κ3) is 6.84. The Hall–Kier alpha value is -2.01. The summed E-state index contributed by atoms with van der Waals surface area (Å²) >= 11 is 3.38. The number of amides is 1. The fraction of sp³-hybridized carbons (Fsp3) is 0.577. The van der Waals surface area contributed by atoms with Gasteiger partial charge in [0.1, 0.15) is 17.2 Å². The minimum Gasteiger partial charge on any atom is -0.444 e. The molecular formula is C26H40N4O3S2Si. The predicted molar refractivity (Wildman–Crippen MR) is 154 cm³/mol. The predicted octanol–water partition coefficient (Wildman–Crippen LogP) is 7.65. The summed E-state index contributed by atoms with van der Waals surface area (Å²) in [5, 5.41) is 17.4. The summed E-state index contributed by atoms with van der Waals surface area (Å²) in [4.78, 5) is 15.0. The second kappa shape index (κ2) is 10.8. The number of nitrogens with one attached hydrogen (secondary N) is 2. The zero-order valence-electron chi connectivity index (χ0n) is 23.1. The van der Waals surface area contributed by atoms with E-state index in [0.29, 0.717) is 0 Å². The van der Waals surface area contributed by atoms with E-state index in [0.717, 1.165) is 32.9 Å². The lowest BCUT2D eigenvalue weighted by Gasteiger charge is -2.41. The van der Waals surface area contributed by atoms with Crippen LogP contribution in [0.15, 0.2) is 23.7 Å². The third-order valence-corrected chi connectivity index (χ3v) is 13.2. The first kappa shape index (κ1) is 28.6. The topological polar surface area (TPSA) is 85.4 Å². The molecule has 36 heavy (non-hydrogen) atoms. The third-order valence-electron chi connectivity index (χ3n) is 6.46. The molecule has 10 heteroatoms. The van der Waals surface area contributed by atoms with Gasteiger partial charge in [-0.1, -0.05) is 26.8 Å². The molecule has 3 aromatic heterocycles. The number of carbonyl (C=O) groups is 1. The van der Waals surface area contributed by atoms with Gasteiger partial charge >= 0.3 is 6.09 Å². The van der Waals surface area contributed by atoms with Crippen molar-refractivity contribution in [3.05, 3.63) is 39.0 Å². The van der Waals surface area contributed by atoms with Gasteiger partial charge < -0.3 is 19.8 Å². The number of aromatic nitrogens is 2. The van der Waals surface area contributed by atoms with Crippen LogP contribution >= 0.6 is 22.7 Å². The molecule has 1 amide bonds. The van der Waals surface area contributed by atoms with Gasteiger partial charge in [-0.05, 0) is 69.8 Å². The highest BCUT2D eigenvalue weighted by Crippen LogP contribution is 2.45. The molecule has 198 valence electrons. The van der Waals surface area contributed by atoms with Crippen LogP contribution in [0.25, 0.3) is 10.2 Å². The molecule has 3 aromatic rings. The van der Waals surface area contributed by atoms with E-state index in [1.165, 1.54) is 4.88 Å². The van der Waals surface area contributed by atoms with E-state index in [1.807, 2.05) is 27.7 Å². The molecule has 0 bridgehead atoms. The highest BCUT2D eigenvalue weighted by molar-refractivity contribution is 7.20. The lowest BCUT2D eigenvalue weighted by Crippen LogP contribution is -2.47. The molecule has 7 nitrogen and oxygen atoms in total. The molecule has 2 atom stereocenters. The second-order valence-corrected chi connectivity index (χ2v) is 18.5. The number of hydrogen-bond acceptors (Lipinski definition) is 8. The maximum Gasteiger partial charge on any atom is 0.407 e. The fourth-order valence-corrected chi connectivity index (χ4v) is 6.87. The second-order valence-electron chi connectivity index (χ2n) is 11.7. The van der Waals surface area contributed by atoms with Crippen LogP contribution in [0.3, 0.4) is 0 Å². The molecular weight excluding hydrogens is 509 g/mol. The minimum absolute atomic E-state index is 0.00864. The summed E-state index contributed by atoms with van der Waals surface area (Å²) < 4.78 is 13.6. The number of alkyl carbamates (subject to hydrolysis) is 1. The number of aryl methyl sites for hydroxylation is 1. The molecule has 0 saturated heterocycles. The summed E-state index contributed by atoms with van der Waals surface area (Å²) in [7, 11) is -2.18. The maximum atomic E-state index is 12.7. The molecule has 2 N–H and O–H groups in total. The molecule has 0 aromatic carbocycles. The number of nitrogens with zero attached hydrogens (tertiary/aromatic N) is 2. The largest absolute Gasteiger partial charge is 0.444 e. The van der Waals surface area contributed by atoms with Gasteiger partial charge in [0.2, 0.25) is 0 Å². The van der Waals surface area contributed by atoms with Crippen LogP contribution in [0, 0.1) is 6.92 Å². The Balaban J connectivity index is 1.99. The lowest BCUT2D eigenvalue weighted by molar-refractivity contribution is 0.0447. The van der Waals surface area contributed by atoms with Crippen LogP contribution in [-0.2, 0) is 15.7 Å². The van der Waals surface area contributed by atoms with Crippen LogP contribution in [-0.4, -0.2) is 36.3 Å². The summed E-state index contributed by atoms with van der Waals surface area (Å²) in [5.74, 6) is 0. The van der Waals surface area contributed by atoms with Gasteiger partial charge in [0.25, 0.3) is 0 Å². The number of hydrogen-bond donors (Lipinski definition) is 2. The van der Waals surface area contributed by atoms with E-state index < -0.39 is 20.0 Å². The van der Waals surface area contributed by atoms with Gasteiger partial charge in [-0.2, -0.15) is 5.10 Å². The standard InChI is InChI=1S/C26H40N4O3S2Si/c1-16-20-23(19(15-28-30-20)27-14-18-12-11-13-34-18)35-22(16)21(33-36(9,10)26(6,7)8)17(2)29-24(31)32-25(3,4)5/h11-13,15,17,21H,14H2,1-10H3,(H,27,30)(H,29,31)/t17-,21?/m1/s1. The van der Waals surface area contributed by atoms with Crippen molar-refractivity contribution < 1.29 is 14.0 Å². The van der Waals surface area contributed by atoms with Crippen molar-refractivity contribution in [2.24, 2.45) is 0 Å². The average molecular weight is 549 g/mol. The van der Waals surface area contributed by atoms with E-state index in [1.54, 1.807) is 28.9 Å². The minimum atomic E-state index is -2.18. The molecule has 0 fully saturated rings. The van der Waals surface area contributed by atoms with E-state index >= 15 is 0 Å². The van der Waals surface area contributed by atoms with Gasteiger partial charge in [-0.25, -0.2) is 4.79 Å². The number of carbonyl (C=O) groups excluding carboxylic acids is 1. The molecule has 0 aliphatic rings. The van der Waals surface area contributed by atoms with Crippen LogP contribution in [0.1, 0.15) is 69.9 Å². The van der Waals surface area contributed by atoms with Gasteiger partial charge in [0.15, 0.2) is 8.32 Å². The van der Waals surface area contributed by atoms with E-state index in [2.05, 4.69) is 79.1 Å². The van der Waals surface area contributed by atoms with Crippen LogP contribution in [0.4, 0.5) is 10.5 Å². The van der Waals surface area contributed by atoms with Crippen LogP contribution in [0.5, 0.6) is 0 Å². The Bertz CT molecular complexity index is 1180. The van der Waals surface area contributed by atoms with Crippen molar-refractivity contribution in [2.75, 3.05) is 5.32 Å². The number of ether oxygens (including phenoxy) is 1. The molecule has 0 aliphatic heterocycles. The molecule has 3 heterocycles. The molecule has 0 saturated carbocycles. The van der Waals surface area contributed by atoms with E-state index in [-0.39, 0.29) is 17.2 Å². The molecule has 3 rings (SSSR count). The Labute approximate surface area is 224 Å². The van der Waals surface area contributed by atoms with Crippen molar-refractivity contribution in [2.45, 2.75) is 97.8 Å². The zero-order chi connectivity index (χ0) is 26.9. The van der Waals surface area contributed by atoms with Gasteiger partial charge in [0, 0.05) is 16.3 Å². The molecule has 1 unspecified atom stereocenters. The van der Waals surface area contributed by atoms with E-state index in [9.17, 15) is 4.79 Å². The monoisotopic (exact) mass is 548 g/mol. The van der Waals surface area contributed by atoms with E-state index in [4.69, 9.17) is 9.16 Å². The number of rotatable bonds is 8. The molecule has 0 aliphatic carbocycles. The summed E-state index contributed by atoms with van der Waals surface area (Å²) in [5.41, 5.74) is 2.26. The number of fused-ring (bicyclic) bond motifs is 1. The first-order chi connectivity index (χ1) is 16.6. The Morgan fingerprint density at radius 2 is 1.89 bits per heavy atom. The van der Waals surface area contributed by atoms with Crippen molar-refractivity contribution >= 4 is 53.0 Å². The molecule has 0 spiro atoms. The summed E-state index contributed by atoms with van der Waals surface area (Å²) in [6.45, 7) is 21.5. The summed E-state index contributed by atoms with van der Waals surface area (Å²) in [6, 6.07) is 3.86. The van der Waals surface area contributed by atoms with Crippen LogP contribution in [0.2, 0.25) is 18.1 Å². The first-order valence-corrected chi connectivity index (χ1v) is 16.9. The highest BCUT2D eigenvalue weighted by Gasteiger charge is 2.42. The van der Waals surface area contributed by atoms with Gasteiger partial charge in [-0.3, -0.25) is 0 Å². The van der Waals surface area contributed by atoms with Crippen molar-refractivity contribution in [1.82, 2.24) is 15.5 Å². The Morgan fingerprint density at radius 1 is 1.19 bits per heavy atom. The maximum absolute atomic E-state index is 12.7. The summed E-state index contributed by atoms with van der Waals surface area (Å²) in [6.07, 6.45) is 0.986. The SMILES string of the molecule is Cc1c(C(O[Si](C)(C)C(C)(C)C)[C@@H](C)NC(=O)OC(C)(C)C)sc2c(NCc3cccs3)cnnc12. The van der Waals surface area contributed by atoms with Crippen molar-refractivity contribution in [1.29, 1.82) is 0 Å². The average Bonchev–Trinajstić information content (AvgIpc) is 3.36. The Morgan fingerprint density at radius 3 is 2.47 bits per heavy atom. The lowest BCUT2D eigenvalue weighted by atomic mass is 10.1. The van der Waals surface area contributed by atoms with Gasteiger partial charge in [0.05, 0.1) is 22.6 Å². The zero-order valence-corrected chi connectivity index (χ0v) is 25.7. The smallest absolute Gasteiger partial charge is 0.407 e. The van der Waals surface area contributed by atoms with Gasteiger partial charge in [-0.15, -0.1) is 27.8 Å². The quantitative estimate of drug-likeness (QED) is 0.281.